The number of amides is 1. The number of hydrogen-bond acceptors (Lipinski definition) is 5. The zero-order valence-electron chi connectivity index (χ0n) is 13.4. The van der Waals surface area contributed by atoms with Crippen molar-refractivity contribution in [1.82, 2.24) is 9.88 Å². The van der Waals surface area contributed by atoms with Crippen LogP contribution in [-0.2, 0) is 4.79 Å². The standard InChI is InChI=1S/C18H21N3O3/c22-15-6-7-17(19-13-15)20-8-10-21(11-9-20)18(24)12-16(23)14-4-2-1-3-5-14/h1-7,13,16,22-23H,8-12H2. The van der Waals surface area contributed by atoms with Gasteiger partial charge in [-0.25, -0.2) is 4.98 Å². The summed E-state index contributed by atoms with van der Waals surface area (Å²) in [6, 6.07) is 12.6. The summed E-state index contributed by atoms with van der Waals surface area (Å²) in [5, 5.41) is 19.5. The van der Waals surface area contributed by atoms with E-state index in [4.69, 9.17) is 0 Å². The second kappa shape index (κ2) is 7.31. The van der Waals surface area contributed by atoms with Crippen LogP contribution in [0.3, 0.4) is 0 Å². The normalized spacial score (nSPS) is 16.0. The molecular weight excluding hydrogens is 306 g/mol. The van der Waals surface area contributed by atoms with E-state index < -0.39 is 6.10 Å². The smallest absolute Gasteiger partial charge is 0.225 e. The molecule has 1 atom stereocenters. The highest BCUT2D eigenvalue weighted by Gasteiger charge is 2.24. The molecule has 1 fully saturated rings. The predicted molar refractivity (Wildman–Crippen MR) is 90.7 cm³/mol. The molecule has 2 heterocycles. The predicted octanol–water partition coefficient (Wildman–Crippen LogP) is 1.56. The first-order valence-corrected chi connectivity index (χ1v) is 8.04. The van der Waals surface area contributed by atoms with Crippen LogP contribution in [0.1, 0.15) is 18.1 Å². The molecule has 1 aliphatic rings. The summed E-state index contributed by atoms with van der Waals surface area (Å²) in [4.78, 5) is 20.4. The number of aliphatic hydroxyl groups excluding tert-OH is 1. The number of anilines is 1. The van der Waals surface area contributed by atoms with E-state index in [1.165, 1.54) is 6.20 Å². The third kappa shape index (κ3) is 3.83. The molecule has 1 unspecified atom stereocenters. The third-order valence-electron chi connectivity index (χ3n) is 4.24. The molecule has 0 bridgehead atoms. The summed E-state index contributed by atoms with van der Waals surface area (Å²) in [6.07, 6.45) is 0.750. The zero-order valence-corrected chi connectivity index (χ0v) is 13.4. The SMILES string of the molecule is O=C(CC(O)c1ccccc1)N1CCN(c2ccc(O)cn2)CC1. The summed E-state index contributed by atoms with van der Waals surface area (Å²) in [6.45, 7) is 2.57. The minimum absolute atomic E-state index is 0.0373. The summed E-state index contributed by atoms with van der Waals surface area (Å²) < 4.78 is 0. The van der Waals surface area contributed by atoms with E-state index in [0.717, 1.165) is 11.4 Å². The number of benzene rings is 1. The number of carbonyl (C=O) groups excluding carboxylic acids is 1. The highest BCUT2D eigenvalue weighted by atomic mass is 16.3. The van der Waals surface area contributed by atoms with Crippen LogP contribution < -0.4 is 4.90 Å². The van der Waals surface area contributed by atoms with Crippen molar-refractivity contribution in [2.75, 3.05) is 31.1 Å². The van der Waals surface area contributed by atoms with Crippen LogP contribution in [0.25, 0.3) is 0 Å². The van der Waals surface area contributed by atoms with Gasteiger partial charge < -0.3 is 20.0 Å². The summed E-state index contributed by atoms with van der Waals surface area (Å²) in [5.74, 6) is 0.899. The Labute approximate surface area is 141 Å². The van der Waals surface area contributed by atoms with Gasteiger partial charge in [0.1, 0.15) is 11.6 Å². The number of carbonyl (C=O) groups is 1. The van der Waals surface area contributed by atoms with Gasteiger partial charge in [0.05, 0.1) is 18.7 Å². The van der Waals surface area contributed by atoms with Crippen LogP contribution in [0.5, 0.6) is 5.75 Å². The van der Waals surface area contributed by atoms with Gasteiger partial charge in [0, 0.05) is 26.2 Å². The molecule has 0 radical (unpaired) electrons. The number of piperazine rings is 1. The molecule has 1 aliphatic heterocycles. The lowest BCUT2D eigenvalue weighted by atomic mass is 10.1. The Morgan fingerprint density at radius 2 is 1.79 bits per heavy atom. The Bertz CT molecular complexity index is 668. The number of aromatic nitrogens is 1. The van der Waals surface area contributed by atoms with Gasteiger partial charge in [-0.3, -0.25) is 4.79 Å². The van der Waals surface area contributed by atoms with Crippen molar-refractivity contribution in [3.8, 4) is 5.75 Å². The van der Waals surface area contributed by atoms with E-state index in [0.29, 0.717) is 26.2 Å². The number of rotatable bonds is 4. The molecule has 1 aromatic carbocycles. The van der Waals surface area contributed by atoms with Crippen molar-refractivity contribution in [2.24, 2.45) is 0 Å². The van der Waals surface area contributed by atoms with Gasteiger partial charge >= 0.3 is 0 Å². The average Bonchev–Trinajstić information content (AvgIpc) is 2.63. The summed E-state index contributed by atoms with van der Waals surface area (Å²) >= 11 is 0. The topological polar surface area (TPSA) is 76.9 Å². The lowest BCUT2D eigenvalue weighted by Gasteiger charge is -2.35. The molecule has 0 saturated carbocycles. The molecule has 1 amide bonds. The number of aromatic hydroxyl groups is 1. The number of aliphatic hydroxyl groups is 1. The lowest BCUT2D eigenvalue weighted by molar-refractivity contribution is -0.133. The van der Waals surface area contributed by atoms with Gasteiger partial charge in [0.15, 0.2) is 0 Å². The molecule has 24 heavy (non-hydrogen) atoms. The maximum atomic E-state index is 12.4. The largest absolute Gasteiger partial charge is 0.506 e. The quantitative estimate of drug-likeness (QED) is 0.891. The van der Waals surface area contributed by atoms with Crippen molar-refractivity contribution in [3.05, 3.63) is 54.2 Å². The lowest BCUT2D eigenvalue weighted by Crippen LogP contribution is -2.49. The first-order valence-electron chi connectivity index (χ1n) is 8.04. The maximum absolute atomic E-state index is 12.4. The van der Waals surface area contributed by atoms with E-state index in [1.807, 2.05) is 30.3 Å². The second-order valence-corrected chi connectivity index (χ2v) is 5.87. The zero-order chi connectivity index (χ0) is 16.9. The first-order chi connectivity index (χ1) is 11.6. The van der Waals surface area contributed by atoms with Gasteiger partial charge in [-0.15, -0.1) is 0 Å². The molecule has 6 heteroatoms. The molecule has 3 rings (SSSR count). The van der Waals surface area contributed by atoms with Crippen molar-refractivity contribution in [3.63, 3.8) is 0 Å². The van der Waals surface area contributed by atoms with Crippen molar-refractivity contribution in [2.45, 2.75) is 12.5 Å². The van der Waals surface area contributed by atoms with Gasteiger partial charge in [0.25, 0.3) is 0 Å². The van der Waals surface area contributed by atoms with E-state index in [9.17, 15) is 15.0 Å². The molecule has 0 aliphatic carbocycles. The Morgan fingerprint density at radius 3 is 2.42 bits per heavy atom. The highest BCUT2D eigenvalue weighted by Crippen LogP contribution is 2.20. The summed E-state index contributed by atoms with van der Waals surface area (Å²) in [5.41, 5.74) is 0.762. The highest BCUT2D eigenvalue weighted by molar-refractivity contribution is 5.77. The number of nitrogens with zero attached hydrogens (tertiary/aromatic N) is 3. The Hall–Kier alpha value is -2.60. The van der Waals surface area contributed by atoms with E-state index in [-0.39, 0.29) is 18.1 Å². The summed E-state index contributed by atoms with van der Waals surface area (Å²) in [7, 11) is 0. The van der Waals surface area contributed by atoms with Crippen LogP contribution in [-0.4, -0.2) is 52.2 Å². The van der Waals surface area contributed by atoms with Gasteiger partial charge in [-0.2, -0.15) is 0 Å². The minimum Gasteiger partial charge on any atom is -0.506 e. The van der Waals surface area contributed by atoms with E-state index in [2.05, 4.69) is 9.88 Å². The Kier molecular flexibility index (Phi) is 4.96. The molecule has 2 N–H and O–H groups in total. The molecular formula is C18H21N3O3. The average molecular weight is 327 g/mol. The molecule has 1 saturated heterocycles. The molecule has 0 spiro atoms. The molecule has 6 nitrogen and oxygen atoms in total. The Balaban J connectivity index is 1.52. The molecule has 1 aromatic heterocycles. The second-order valence-electron chi connectivity index (χ2n) is 5.87. The van der Waals surface area contributed by atoms with Crippen LogP contribution in [0.4, 0.5) is 5.82 Å². The van der Waals surface area contributed by atoms with E-state index in [1.54, 1.807) is 17.0 Å². The molecule has 126 valence electrons. The Morgan fingerprint density at radius 1 is 1.08 bits per heavy atom. The van der Waals surface area contributed by atoms with Crippen LogP contribution in [0.15, 0.2) is 48.7 Å². The number of hydrogen-bond donors (Lipinski definition) is 2. The maximum Gasteiger partial charge on any atom is 0.225 e. The third-order valence-corrected chi connectivity index (χ3v) is 4.24. The van der Waals surface area contributed by atoms with Crippen LogP contribution in [0, 0.1) is 0 Å². The monoisotopic (exact) mass is 327 g/mol. The van der Waals surface area contributed by atoms with Gasteiger partial charge in [-0.05, 0) is 17.7 Å². The van der Waals surface area contributed by atoms with Crippen molar-refractivity contribution in [1.29, 1.82) is 0 Å². The van der Waals surface area contributed by atoms with Crippen molar-refractivity contribution >= 4 is 11.7 Å². The fourth-order valence-electron chi connectivity index (χ4n) is 2.84. The van der Waals surface area contributed by atoms with Gasteiger partial charge in [0.2, 0.25) is 5.91 Å². The van der Waals surface area contributed by atoms with Crippen LogP contribution >= 0.6 is 0 Å². The van der Waals surface area contributed by atoms with Gasteiger partial charge in [-0.1, -0.05) is 30.3 Å². The number of pyridine rings is 1. The van der Waals surface area contributed by atoms with E-state index >= 15 is 0 Å². The van der Waals surface area contributed by atoms with Crippen LogP contribution in [0.2, 0.25) is 0 Å². The van der Waals surface area contributed by atoms with Crippen molar-refractivity contribution < 1.29 is 15.0 Å². The minimum atomic E-state index is -0.768. The first kappa shape index (κ1) is 16.3. The molecule has 2 aromatic rings. The fraction of sp³-hybridized carbons (Fsp3) is 0.333. The fourth-order valence-corrected chi connectivity index (χ4v) is 2.84.